The zero-order valence-corrected chi connectivity index (χ0v) is 24.0. The van der Waals surface area contributed by atoms with Gasteiger partial charge in [-0.3, -0.25) is 40.1 Å². The third kappa shape index (κ3) is 5.60. The lowest BCUT2D eigenvalue weighted by Gasteiger charge is -2.18. The fourth-order valence-corrected chi connectivity index (χ4v) is 5.30. The minimum absolute atomic E-state index is 0.0126. The normalized spacial score (nSPS) is 11.2. The fourth-order valence-electron chi connectivity index (χ4n) is 5.30. The number of hydrogen-bond acceptors (Lipinski definition) is 5. The van der Waals surface area contributed by atoms with Crippen molar-refractivity contribution >= 4 is 5.69 Å². The van der Waals surface area contributed by atoms with Gasteiger partial charge in [0.2, 0.25) is 0 Å². The van der Waals surface area contributed by atoms with Crippen molar-refractivity contribution in [2.75, 3.05) is 0 Å². The van der Waals surface area contributed by atoms with Gasteiger partial charge in [-0.25, -0.2) is 0 Å². The number of nitro benzene ring substituents is 1. The highest BCUT2D eigenvalue weighted by molar-refractivity contribution is 5.71. The van der Waals surface area contributed by atoms with Crippen LogP contribution in [-0.4, -0.2) is 25.3 Å². The molecular formula is C34H29N5O5. The minimum atomic E-state index is -0.740. The van der Waals surface area contributed by atoms with Crippen LogP contribution in [0.15, 0.2) is 107 Å². The molecule has 0 bridgehead atoms. The second kappa shape index (κ2) is 11.8. The predicted molar refractivity (Wildman–Crippen MR) is 168 cm³/mol. The first-order valence-electron chi connectivity index (χ1n) is 14.0. The summed E-state index contributed by atoms with van der Waals surface area (Å²) in [5, 5.41) is 22.5. The molecule has 0 amide bonds. The summed E-state index contributed by atoms with van der Waals surface area (Å²) in [6, 6.07) is 29.0. The molecule has 0 saturated heterocycles. The number of rotatable bonds is 9. The summed E-state index contributed by atoms with van der Waals surface area (Å²) in [5.41, 5.74) is 6.61. The van der Waals surface area contributed by atoms with E-state index < -0.39 is 10.8 Å². The molecule has 6 aromatic rings. The Morgan fingerprint density at radius 3 is 1.59 bits per heavy atom. The minimum Gasteiger partial charge on any atom is -0.489 e. The number of aryl methyl sites for hydroxylation is 2. The van der Waals surface area contributed by atoms with Crippen LogP contribution in [0.3, 0.4) is 0 Å². The SMILES string of the molecule is Cc1ccc(-c2[nH][nH]c(=O)c2C(c2ccc(OCc3ccc([N+](=O)[O-])cc3)cc2)c2c(-c3ccc(C)cc3)[nH][nH]c2=O)cc1. The predicted octanol–water partition coefficient (Wildman–Crippen LogP) is 6.34. The zero-order valence-electron chi connectivity index (χ0n) is 24.0. The van der Waals surface area contributed by atoms with Crippen LogP contribution < -0.4 is 15.9 Å². The van der Waals surface area contributed by atoms with Crippen LogP contribution in [0.1, 0.15) is 39.3 Å². The van der Waals surface area contributed by atoms with E-state index in [9.17, 15) is 19.7 Å². The second-order valence-electron chi connectivity index (χ2n) is 10.7. The van der Waals surface area contributed by atoms with Crippen LogP contribution in [0.25, 0.3) is 22.5 Å². The summed E-state index contributed by atoms with van der Waals surface area (Å²) in [5.74, 6) is -0.175. The first kappa shape index (κ1) is 28.2. The summed E-state index contributed by atoms with van der Waals surface area (Å²) in [7, 11) is 0. The maximum Gasteiger partial charge on any atom is 0.269 e. The molecule has 0 fully saturated rings. The Morgan fingerprint density at radius 2 is 1.14 bits per heavy atom. The molecule has 4 N–H and O–H groups in total. The lowest BCUT2D eigenvalue weighted by Crippen LogP contribution is -2.20. The second-order valence-corrected chi connectivity index (χ2v) is 10.7. The summed E-state index contributed by atoms with van der Waals surface area (Å²) in [6.07, 6.45) is 0. The van der Waals surface area contributed by atoms with Gasteiger partial charge in [-0.05, 0) is 60.4 Å². The number of aromatic nitrogens is 4. The highest BCUT2D eigenvalue weighted by Gasteiger charge is 2.31. The van der Waals surface area contributed by atoms with Gasteiger partial charge in [0.1, 0.15) is 12.4 Å². The van der Waals surface area contributed by atoms with Crippen molar-refractivity contribution in [1.29, 1.82) is 0 Å². The zero-order chi connectivity index (χ0) is 30.8. The Morgan fingerprint density at radius 1 is 0.659 bits per heavy atom. The van der Waals surface area contributed by atoms with Gasteiger partial charge < -0.3 is 4.74 Å². The fraction of sp³-hybridized carbons (Fsp3) is 0.118. The molecule has 10 heteroatoms. The van der Waals surface area contributed by atoms with E-state index in [1.165, 1.54) is 12.1 Å². The third-order valence-corrected chi connectivity index (χ3v) is 7.65. The number of nitrogens with one attached hydrogen (secondary N) is 4. The van der Waals surface area contributed by atoms with E-state index in [0.29, 0.717) is 33.8 Å². The van der Waals surface area contributed by atoms with Crippen LogP contribution in [0.2, 0.25) is 0 Å². The van der Waals surface area contributed by atoms with E-state index >= 15 is 0 Å². The van der Waals surface area contributed by atoms with Gasteiger partial charge in [-0.15, -0.1) is 0 Å². The number of ether oxygens (including phenoxy) is 1. The molecule has 44 heavy (non-hydrogen) atoms. The number of aromatic amines is 4. The van der Waals surface area contributed by atoms with Gasteiger partial charge in [-0.2, -0.15) is 0 Å². The Hall–Kier alpha value is -5.90. The number of H-pyrrole nitrogens is 4. The lowest BCUT2D eigenvalue weighted by molar-refractivity contribution is -0.384. The largest absolute Gasteiger partial charge is 0.489 e. The van der Waals surface area contributed by atoms with E-state index in [1.54, 1.807) is 24.3 Å². The van der Waals surface area contributed by atoms with Crippen LogP contribution in [0, 0.1) is 24.0 Å². The van der Waals surface area contributed by atoms with Crippen molar-refractivity contribution in [3.63, 3.8) is 0 Å². The Balaban J connectivity index is 1.42. The molecule has 6 rings (SSSR count). The van der Waals surface area contributed by atoms with Gasteiger partial charge in [0, 0.05) is 18.1 Å². The molecule has 0 aliphatic carbocycles. The van der Waals surface area contributed by atoms with Crippen LogP contribution in [0.4, 0.5) is 5.69 Å². The van der Waals surface area contributed by atoms with Crippen molar-refractivity contribution in [2.24, 2.45) is 0 Å². The van der Waals surface area contributed by atoms with Crippen molar-refractivity contribution in [1.82, 2.24) is 20.4 Å². The molecule has 2 heterocycles. The molecule has 10 nitrogen and oxygen atoms in total. The van der Waals surface area contributed by atoms with Crippen LogP contribution in [-0.2, 0) is 6.61 Å². The standard InChI is InChI=1S/C34H29N5O5/c1-20-3-9-24(10-4-20)31-29(33(40)37-35-31)28(30-32(36-38-34(30)41)25-11-5-21(2)6-12-25)23-13-17-27(18-14-23)44-19-22-7-15-26(16-8-22)39(42)43/h3-18,28H,19H2,1-2H3,(H2,35,37,40)(H2,36,38,41). The van der Waals surface area contributed by atoms with E-state index in [-0.39, 0.29) is 23.4 Å². The molecule has 0 aliphatic heterocycles. The number of nitrogens with zero attached hydrogens (tertiary/aromatic N) is 1. The number of benzene rings is 4. The van der Waals surface area contributed by atoms with E-state index in [4.69, 9.17) is 4.74 Å². The average Bonchev–Trinajstić information content (AvgIpc) is 3.60. The molecule has 0 unspecified atom stereocenters. The molecule has 220 valence electrons. The van der Waals surface area contributed by atoms with E-state index in [0.717, 1.165) is 27.8 Å². The van der Waals surface area contributed by atoms with Crippen molar-refractivity contribution in [3.8, 4) is 28.3 Å². The number of nitro groups is 1. The maximum absolute atomic E-state index is 13.5. The molecule has 2 aromatic heterocycles. The molecule has 0 radical (unpaired) electrons. The molecule has 0 aliphatic rings. The summed E-state index contributed by atoms with van der Waals surface area (Å²) >= 11 is 0. The summed E-state index contributed by atoms with van der Waals surface area (Å²) in [6.45, 7) is 4.20. The van der Waals surface area contributed by atoms with Crippen LogP contribution >= 0.6 is 0 Å². The maximum atomic E-state index is 13.5. The van der Waals surface area contributed by atoms with Gasteiger partial charge >= 0.3 is 0 Å². The number of hydrogen-bond donors (Lipinski definition) is 4. The van der Waals surface area contributed by atoms with Crippen molar-refractivity contribution in [2.45, 2.75) is 26.4 Å². The Bertz CT molecular complexity index is 1930. The number of non-ortho nitro benzene ring substituents is 1. The third-order valence-electron chi connectivity index (χ3n) is 7.65. The lowest BCUT2D eigenvalue weighted by atomic mass is 9.83. The molecule has 4 aromatic carbocycles. The smallest absolute Gasteiger partial charge is 0.269 e. The van der Waals surface area contributed by atoms with E-state index in [1.807, 2.05) is 74.5 Å². The van der Waals surface area contributed by atoms with Gasteiger partial charge in [-0.1, -0.05) is 71.8 Å². The topological polar surface area (TPSA) is 150 Å². The van der Waals surface area contributed by atoms with Gasteiger partial charge in [0.25, 0.3) is 16.8 Å². The first-order valence-corrected chi connectivity index (χ1v) is 14.0. The molecule has 0 spiro atoms. The molecular weight excluding hydrogens is 558 g/mol. The highest BCUT2D eigenvalue weighted by atomic mass is 16.6. The molecule has 0 saturated carbocycles. The van der Waals surface area contributed by atoms with Gasteiger partial charge in [0.15, 0.2) is 0 Å². The molecule has 0 atom stereocenters. The van der Waals surface area contributed by atoms with Crippen molar-refractivity contribution < 1.29 is 9.66 Å². The monoisotopic (exact) mass is 587 g/mol. The van der Waals surface area contributed by atoms with Crippen molar-refractivity contribution in [3.05, 3.63) is 161 Å². The Kier molecular flexibility index (Phi) is 7.55. The van der Waals surface area contributed by atoms with Crippen LogP contribution in [0.5, 0.6) is 5.75 Å². The average molecular weight is 588 g/mol. The highest BCUT2D eigenvalue weighted by Crippen LogP contribution is 2.38. The summed E-state index contributed by atoms with van der Waals surface area (Å²) in [4.78, 5) is 37.5. The first-order chi connectivity index (χ1) is 21.3. The Labute approximate surface area is 251 Å². The van der Waals surface area contributed by atoms with E-state index in [2.05, 4.69) is 20.4 Å². The quantitative estimate of drug-likeness (QED) is 0.115. The summed E-state index contributed by atoms with van der Waals surface area (Å²) < 4.78 is 5.95. The van der Waals surface area contributed by atoms with Gasteiger partial charge in [0.05, 0.1) is 27.4 Å².